The molecule has 2 aliphatic heterocycles. The quantitative estimate of drug-likeness (QED) is 0.173. The average molecular weight is 642 g/mol. The van der Waals surface area contributed by atoms with Crippen molar-refractivity contribution in [2.75, 3.05) is 32.7 Å². The number of amides is 1. The van der Waals surface area contributed by atoms with Gasteiger partial charge in [-0.2, -0.15) is 0 Å². The van der Waals surface area contributed by atoms with Crippen LogP contribution in [-0.4, -0.2) is 63.8 Å². The number of H-pyrrole nitrogens is 1. The van der Waals surface area contributed by atoms with E-state index in [-0.39, 0.29) is 30.7 Å². The number of halogens is 3. The molecule has 2 saturated heterocycles. The van der Waals surface area contributed by atoms with E-state index in [1.54, 1.807) is 0 Å². The Bertz CT molecular complexity index is 1210. The molecule has 0 spiro atoms. The number of fused-ring (bicyclic) bond motifs is 2. The highest BCUT2D eigenvalue weighted by atomic mass is 35.5. The first-order valence-corrected chi connectivity index (χ1v) is 15.8. The van der Waals surface area contributed by atoms with Gasteiger partial charge in [0.2, 0.25) is 0 Å². The van der Waals surface area contributed by atoms with Crippen LogP contribution >= 0.6 is 60.4 Å². The van der Waals surface area contributed by atoms with E-state index in [4.69, 9.17) is 23.8 Å². The van der Waals surface area contributed by atoms with Crippen molar-refractivity contribution in [2.24, 2.45) is 11.8 Å². The highest BCUT2D eigenvalue weighted by Gasteiger charge is 2.48. The lowest BCUT2D eigenvalue weighted by Crippen LogP contribution is -2.43. The van der Waals surface area contributed by atoms with E-state index in [1.807, 2.05) is 29.2 Å². The second kappa shape index (κ2) is 14.4. The lowest BCUT2D eigenvalue weighted by atomic mass is 9.94. The summed E-state index contributed by atoms with van der Waals surface area (Å²) in [4.78, 5) is 22.5. The van der Waals surface area contributed by atoms with Crippen molar-refractivity contribution in [3.63, 3.8) is 0 Å². The van der Waals surface area contributed by atoms with E-state index >= 15 is 0 Å². The van der Waals surface area contributed by atoms with E-state index in [0.29, 0.717) is 12.0 Å². The lowest BCUT2D eigenvalue weighted by Gasteiger charge is -2.30. The maximum Gasteiger partial charge on any atom is 0.266 e. The molecule has 2 N–H and O–H groups in total. The predicted octanol–water partition coefficient (Wildman–Crippen LogP) is 7.19. The zero-order valence-corrected chi connectivity index (χ0v) is 26.7. The van der Waals surface area contributed by atoms with Gasteiger partial charge in [0.1, 0.15) is 4.32 Å². The standard InChI is InChI=1S/C30H37ClN4OS2.2ClH/c31-24-9-7-21(8-10-24)25-18-22(4-2-1-3-13-34-14-11-32-12-15-34)26(33-25)19-28-29(36)35(30(37)38-28)27-17-20-5-6-23(27)16-20;;/h7-10,18-20,23,27,32-33H,1-6,11-17H2;2*1H/b28-19+;;. The molecule has 0 radical (unpaired) electrons. The zero-order chi connectivity index (χ0) is 26.1. The van der Waals surface area contributed by atoms with Crippen LogP contribution in [0.25, 0.3) is 17.3 Å². The Labute approximate surface area is 265 Å². The molecule has 4 aliphatic rings. The van der Waals surface area contributed by atoms with Crippen LogP contribution in [0.5, 0.6) is 0 Å². The Morgan fingerprint density at radius 2 is 1.82 bits per heavy atom. The summed E-state index contributed by atoms with van der Waals surface area (Å²) < 4.78 is 0.734. The topological polar surface area (TPSA) is 51.4 Å². The Balaban J connectivity index is 0.00000185. The third-order valence-electron chi connectivity index (χ3n) is 8.85. The molecule has 4 fully saturated rings. The number of aromatic amines is 1. The molecule has 218 valence electrons. The van der Waals surface area contributed by atoms with E-state index < -0.39 is 0 Å². The minimum absolute atomic E-state index is 0. The number of thioether (sulfide) groups is 1. The van der Waals surface area contributed by atoms with Gasteiger partial charge in [0.25, 0.3) is 5.91 Å². The Kier molecular flexibility index (Phi) is 11.5. The molecule has 2 saturated carbocycles. The minimum atomic E-state index is 0. The molecule has 6 rings (SSSR count). The predicted molar refractivity (Wildman–Crippen MR) is 177 cm³/mol. The molecule has 10 heteroatoms. The van der Waals surface area contributed by atoms with Crippen molar-refractivity contribution < 1.29 is 4.79 Å². The van der Waals surface area contributed by atoms with Crippen molar-refractivity contribution >= 4 is 76.7 Å². The number of hydrogen-bond acceptors (Lipinski definition) is 5. The summed E-state index contributed by atoms with van der Waals surface area (Å²) in [7, 11) is 0. The zero-order valence-electron chi connectivity index (χ0n) is 22.7. The number of benzene rings is 1. The van der Waals surface area contributed by atoms with E-state index in [1.165, 1.54) is 56.0 Å². The van der Waals surface area contributed by atoms with Gasteiger partial charge in [-0.1, -0.05) is 60.6 Å². The van der Waals surface area contributed by atoms with E-state index in [9.17, 15) is 4.79 Å². The number of aryl methyl sites for hydroxylation is 1. The summed E-state index contributed by atoms with van der Waals surface area (Å²) in [5.74, 6) is 1.50. The largest absolute Gasteiger partial charge is 0.355 e. The Morgan fingerprint density at radius 3 is 2.52 bits per heavy atom. The smallest absolute Gasteiger partial charge is 0.266 e. The maximum absolute atomic E-state index is 13.6. The SMILES string of the molecule is Cl.Cl.O=C1/C(=C\c2[nH]c(-c3ccc(Cl)cc3)cc2CCCCCN2CCNCC2)SC(=S)N1C1CC2CCC1C2. The lowest BCUT2D eigenvalue weighted by molar-refractivity contribution is -0.124. The monoisotopic (exact) mass is 640 g/mol. The van der Waals surface area contributed by atoms with Gasteiger partial charge in [0, 0.05) is 48.6 Å². The second-order valence-corrected chi connectivity index (χ2v) is 13.4. The summed E-state index contributed by atoms with van der Waals surface area (Å²) in [5, 5.41) is 4.16. The van der Waals surface area contributed by atoms with Crippen LogP contribution in [0, 0.1) is 11.8 Å². The molecule has 3 heterocycles. The molecule has 3 unspecified atom stereocenters. The number of unbranched alkanes of at least 4 members (excludes halogenated alkanes) is 2. The van der Waals surface area contributed by atoms with Gasteiger partial charge in [0.15, 0.2) is 0 Å². The van der Waals surface area contributed by atoms with Crippen molar-refractivity contribution in [3.05, 3.63) is 51.5 Å². The molecular formula is C30H39Cl3N4OS2. The van der Waals surface area contributed by atoms with Crippen LogP contribution in [0.3, 0.4) is 0 Å². The van der Waals surface area contributed by atoms with E-state index in [2.05, 4.69) is 27.3 Å². The third kappa shape index (κ3) is 7.11. The first-order valence-electron chi connectivity index (χ1n) is 14.2. The van der Waals surface area contributed by atoms with Crippen LogP contribution in [0.15, 0.2) is 35.2 Å². The first kappa shape index (κ1) is 31.9. The number of nitrogens with one attached hydrogen (secondary N) is 2. The number of carbonyl (C=O) groups is 1. The summed E-state index contributed by atoms with van der Waals surface area (Å²) in [6.45, 7) is 5.71. The Hall–Kier alpha value is -1.06. The number of thiocarbonyl (C=S) groups is 1. The van der Waals surface area contributed by atoms with Crippen LogP contribution in [0.4, 0.5) is 0 Å². The summed E-state index contributed by atoms with van der Waals surface area (Å²) >= 11 is 13.4. The average Bonchev–Trinajstić information content (AvgIpc) is 3.70. The number of nitrogens with zero attached hydrogens (tertiary/aromatic N) is 2. The van der Waals surface area contributed by atoms with Crippen LogP contribution in [-0.2, 0) is 11.2 Å². The number of rotatable bonds is 9. The summed E-state index contributed by atoms with van der Waals surface area (Å²) in [5.41, 5.74) is 4.46. The molecule has 5 nitrogen and oxygen atoms in total. The number of carbonyl (C=O) groups excluding carboxylic acids is 1. The number of aromatic nitrogens is 1. The third-order valence-corrected chi connectivity index (χ3v) is 10.4. The molecule has 1 aromatic carbocycles. The fourth-order valence-electron chi connectivity index (χ4n) is 6.82. The van der Waals surface area contributed by atoms with Crippen LogP contribution in [0.2, 0.25) is 5.02 Å². The van der Waals surface area contributed by atoms with Gasteiger partial charge < -0.3 is 15.2 Å². The molecular weight excluding hydrogens is 603 g/mol. The number of hydrogen-bond donors (Lipinski definition) is 2. The van der Waals surface area contributed by atoms with Gasteiger partial charge in [-0.3, -0.25) is 9.69 Å². The fraction of sp³-hybridized carbons (Fsp3) is 0.533. The van der Waals surface area contributed by atoms with Crippen LogP contribution in [0.1, 0.15) is 56.2 Å². The molecule has 1 amide bonds. The van der Waals surface area contributed by atoms with Gasteiger partial charge >= 0.3 is 0 Å². The summed E-state index contributed by atoms with van der Waals surface area (Å²) in [6, 6.07) is 10.5. The van der Waals surface area contributed by atoms with Crippen LogP contribution < -0.4 is 5.32 Å². The minimum Gasteiger partial charge on any atom is -0.355 e. The fourth-order valence-corrected chi connectivity index (χ4v) is 8.30. The summed E-state index contributed by atoms with van der Waals surface area (Å²) in [6.07, 6.45) is 11.6. The second-order valence-electron chi connectivity index (χ2n) is 11.3. The molecule has 2 aromatic rings. The van der Waals surface area contributed by atoms with Crippen molar-refractivity contribution in [1.82, 2.24) is 20.1 Å². The first-order chi connectivity index (χ1) is 18.5. The van der Waals surface area contributed by atoms with Gasteiger partial charge in [-0.05, 0) is 92.3 Å². The maximum atomic E-state index is 13.6. The molecule has 1 aromatic heterocycles. The van der Waals surface area contributed by atoms with Crippen molar-refractivity contribution in [1.29, 1.82) is 0 Å². The van der Waals surface area contributed by atoms with Crippen molar-refractivity contribution in [2.45, 2.75) is 57.4 Å². The number of piperazine rings is 1. The Morgan fingerprint density at radius 1 is 1.05 bits per heavy atom. The van der Waals surface area contributed by atoms with E-state index in [0.717, 1.165) is 82.6 Å². The molecule has 40 heavy (non-hydrogen) atoms. The van der Waals surface area contributed by atoms with Crippen molar-refractivity contribution in [3.8, 4) is 11.3 Å². The highest BCUT2D eigenvalue weighted by Crippen LogP contribution is 2.49. The highest BCUT2D eigenvalue weighted by molar-refractivity contribution is 8.26. The normalized spacial score (nSPS) is 25.5. The molecule has 3 atom stereocenters. The van der Waals surface area contributed by atoms with Gasteiger partial charge in [-0.25, -0.2) is 0 Å². The molecule has 2 bridgehead atoms. The van der Waals surface area contributed by atoms with Gasteiger partial charge in [0.05, 0.1) is 4.91 Å². The van der Waals surface area contributed by atoms with Gasteiger partial charge in [-0.15, -0.1) is 24.8 Å². The molecule has 2 aliphatic carbocycles.